The third-order valence-electron chi connectivity index (χ3n) is 5.60. The number of carbonyl (C=O) groups is 3. The summed E-state index contributed by atoms with van der Waals surface area (Å²) in [7, 11) is 1.50. The fourth-order valence-corrected chi connectivity index (χ4v) is 5.20. The molecule has 0 spiro atoms. The molecule has 4 N–H and O–H groups in total. The topological polar surface area (TPSA) is 112 Å². The summed E-state index contributed by atoms with van der Waals surface area (Å²) in [5, 5.41) is 12.4. The Morgan fingerprint density at radius 2 is 2.03 bits per heavy atom. The number of amides is 4. The first-order chi connectivity index (χ1) is 15.4. The van der Waals surface area contributed by atoms with Crippen LogP contribution < -0.4 is 21.3 Å². The zero-order valence-electron chi connectivity index (χ0n) is 17.9. The van der Waals surface area contributed by atoms with Gasteiger partial charge in [0.2, 0.25) is 11.8 Å². The molecule has 0 aliphatic heterocycles. The van der Waals surface area contributed by atoms with Crippen molar-refractivity contribution in [3.8, 4) is 0 Å². The molecular formula is C22H28ClN5O3S. The van der Waals surface area contributed by atoms with Crippen LogP contribution in [0.25, 0.3) is 10.2 Å². The van der Waals surface area contributed by atoms with E-state index in [1.54, 1.807) is 6.07 Å². The molecule has 0 bridgehead atoms. The Morgan fingerprint density at radius 3 is 2.72 bits per heavy atom. The first-order valence-corrected chi connectivity index (χ1v) is 11.8. The van der Waals surface area contributed by atoms with Gasteiger partial charge in [0.25, 0.3) is 0 Å². The van der Waals surface area contributed by atoms with Crippen molar-refractivity contribution in [2.75, 3.05) is 13.6 Å². The smallest absolute Gasteiger partial charge is 0.315 e. The molecule has 1 saturated carbocycles. The van der Waals surface area contributed by atoms with Crippen molar-refractivity contribution in [2.45, 2.75) is 44.2 Å². The van der Waals surface area contributed by atoms with Crippen LogP contribution in [-0.4, -0.2) is 48.5 Å². The summed E-state index contributed by atoms with van der Waals surface area (Å²) >= 11 is 7.50. The standard InChI is InChI=1S/C22H28ClN5O3S/c1-3-19(29)25-12-17(13-6-4-5-7-13)27-21(30)16(28-22(31)24-2)11-20-26-15-9-8-14(23)10-18(15)32-20/h3,8-10,13,16-17H,1,4-7,11-12H2,2H3,(H,25,29)(H,27,30)(H2,24,28,31)/t16-,17?/m0/s1. The van der Waals surface area contributed by atoms with Crippen LogP contribution in [0.2, 0.25) is 5.02 Å². The maximum atomic E-state index is 13.2. The summed E-state index contributed by atoms with van der Waals surface area (Å²) in [5.41, 5.74) is 0.796. The number of benzene rings is 1. The molecular weight excluding hydrogens is 450 g/mol. The molecule has 0 saturated heterocycles. The van der Waals surface area contributed by atoms with Gasteiger partial charge < -0.3 is 21.3 Å². The lowest BCUT2D eigenvalue weighted by atomic mass is 9.97. The lowest BCUT2D eigenvalue weighted by Gasteiger charge is -2.27. The van der Waals surface area contributed by atoms with Crippen molar-refractivity contribution in [3.05, 3.63) is 40.9 Å². The van der Waals surface area contributed by atoms with Gasteiger partial charge >= 0.3 is 6.03 Å². The highest BCUT2D eigenvalue weighted by Crippen LogP contribution is 2.28. The maximum Gasteiger partial charge on any atom is 0.315 e. The Labute approximate surface area is 196 Å². The molecule has 10 heteroatoms. The predicted molar refractivity (Wildman–Crippen MR) is 127 cm³/mol. The van der Waals surface area contributed by atoms with Crippen LogP contribution in [0, 0.1) is 5.92 Å². The number of hydrogen-bond donors (Lipinski definition) is 4. The highest BCUT2D eigenvalue weighted by Gasteiger charge is 2.30. The van der Waals surface area contributed by atoms with Crippen molar-refractivity contribution >= 4 is 51.0 Å². The lowest BCUT2D eigenvalue weighted by molar-refractivity contribution is -0.124. The van der Waals surface area contributed by atoms with Gasteiger partial charge in [-0.2, -0.15) is 0 Å². The molecule has 2 aromatic rings. The molecule has 3 rings (SSSR count). The van der Waals surface area contributed by atoms with Gasteiger partial charge in [0, 0.05) is 31.1 Å². The van der Waals surface area contributed by atoms with Crippen molar-refractivity contribution in [1.82, 2.24) is 26.3 Å². The van der Waals surface area contributed by atoms with E-state index < -0.39 is 12.1 Å². The second-order valence-electron chi connectivity index (χ2n) is 7.81. The van der Waals surface area contributed by atoms with Gasteiger partial charge in [0.1, 0.15) is 6.04 Å². The van der Waals surface area contributed by atoms with E-state index in [2.05, 4.69) is 32.8 Å². The summed E-state index contributed by atoms with van der Waals surface area (Å²) in [6.07, 6.45) is 5.62. The van der Waals surface area contributed by atoms with Crippen LogP contribution in [0.15, 0.2) is 30.9 Å². The van der Waals surface area contributed by atoms with Crippen molar-refractivity contribution in [3.63, 3.8) is 0 Å². The number of thiazole rings is 1. The molecule has 2 atom stereocenters. The van der Waals surface area contributed by atoms with Crippen LogP contribution in [0.1, 0.15) is 30.7 Å². The van der Waals surface area contributed by atoms with Crippen molar-refractivity contribution < 1.29 is 14.4 Å². The fourth-order valence-electron chi connectivity index (χ4n) is 3.91. The number of nitrogens with one attached hydrogen (secondary N) is 4. The molecule has 0 radical (unpaired) electrons. The number of nitrogens with zero attached hydrogens (tertiary/aromatic N) is 1. The van der Waals surface area contributed by atoms with Crippen LogP contribution in [-0.2, 0) is 16.0 Å². The SMILES string of the molecule is C=CC(=O)NCC(NC(=O)[C@H](Cc1nc2ccc(Cl)cc2s1)NC(=O)NC)C1CCCC1. The Bertz CT molecular complexity index is 989. The summed E-state index contributed by atoms with van der Waals surface area (Å²) in [6, 6.07) is 3.94. The number of rotatable bonds is 9. The summed E-state index contributed by atoms with van der Waals surface area (Å²) < 4.78 is 0.919. The molecule has 1 aromatic carbocycles. The Morgan fingerprint density at radius 1 is 1.28 bits per heavy atom. The fraction of sp³-hybridized carbons (Fsp3) is 0.455. The number of carbonyl (C=O) groups excluding carboxylic acids is 3. The van der Waals surface area contributed by atoms with Crippen LogP contribution >= 0.6 is 22.9 Å². The van der Waals surface area contributed by atoms with Crippen LogP contribution in [0.4, 0.5) is 4.79 Å². The van der Waals surface area contributed by atoms with Crippen molar-refractivity contribution in [1.29, 1.82) is 0 Å². The van der Waals surface area contributed by atoms with Gasteiger partial charge in [0.15, 0.2) is 0 Å². The van der Waals surface area contributed by atoms with E-state index in [9.17, 15) is 14.4 Å². The number of aromatic nitrogens is 1. The van der Waals surface area contributed by atoms with Gasteiger partial charge in [0.05, 0.1) is 15.2 Å². The van der Waals surface area contributed by atoms with Crippen LogP contribution in [0.3, 0.4) is 0 Å². The highest BCUT2D eigenvalue weighted by atomic mass is 35.5. The largest absolute Gasteiger partial charge is 0.351 e. The van der Waals surface area contributed by atoms with Gasteiger partial charge in [-0.05, 0) is 43.0 Å². The van der Waals surface area contributed by atoms with Crippen molar-refractivity contribution in [2.24, 2.45) is 5.92 Å². The molecule has 1 heterocycles. The van der Waals surface area contributed by atoms with E-state index >= 15 is 0 Å². The van der Waals surface area contributed by atoms with E-state index in [0.717, 1.165) is 40.9 Å². The Hall–Kier alpha value is -2.65. The monoisotopic (exact) mass is 477 g/mol. The highest BCUT2D eigenvalue weighted by molar-refractivity contribution is 7.18. The summed E-state index contributed by atoms with van der Waals surface area (Å²) in [6.45, 7) is 3.78. The zero-order valence-corrected chi connectivity index (χ0v) is 19.5. The normalized spacial score (nSPS) is 15.7. The Kier molecular flexibility index (Phi) is 8.46. The van der Waals surface area contributed by atoms with E-state index in [4.69, 9.17) is 11.6 Å². The molecule has 4 amide bonds. The first kappa shape index (κ1) is 24.0. The summed E-state index contributed by atoms with van der Waals surface area (Å²) in [4.78, 5) is 41.5. The summed E-state index contributed by atoms with van der Waals surface area (Å²) in [5.74, 6) is -0.319. The van der Waals surface area contributed by atoms with E-state index in [1.165, 1.54) is 24.5 Å². The minimum absolute atomic E-state index is 0.225. The second kappa shape index (κ2) is 11.3. The molecule has 8 nitrogen and oxygen atoms in total. The average molecular weight is 478 g/mol. The lowest BCUT2D eigenvalue weighted by Crippen LogP contribution is -2.55. The number of halogens is 1. The minimum atomic E-state index is -0.815. The predicted octanol–water partition coefficient (Wildman–Crippen LogP) is 2.77. The zero-order chi connectivity index (χ0) is 23.1. The van der Waals surface area contributed by atoms with Crippen LogP contribution in [0.5, 0.6) is 0 Å². The van der Waals surface area contributed by atoms with E-state index in [-0.39, 0.29) is 30.2 Å². The third kappa shape index (κ3) is 6.43. The molecule has 32 heavy (non-hydrogen) atoms. The molecule has 1 aliphatic carbocycles. The average Bonchev–Trinajstić information content (AvgIpc) is 3.45. The number of hydrogen-bond acceptors (Lipinski definition) is 5. The number of urea groups is 1. The quantitative estimate of drug-likeness (QED) is 0.416. The molecule has 172 valence electrons. The van der Waals surface area contributed by atoms with E-state index in [0.29, 0.717) is 11.6 Å². The first-order valence-electron chi connectivity index (χ1n) is 10.6. The van der Waals surface area contributed by atoms with Gasteiger partial charge in [-0.25, -0.2) is 9.78 Å². The van der Waals surface area contributed by atoms with Gasteiger partial charge in [-0.15, -0.1) is 11.3 Å². The third-order valence-corrected chi connectivity index (χ3v) is 6.88. The molecule has 1 aliphatic rings. The van der Waals surface area contributed by atoms with Gasteiger partial charge in [-0.1, -0.05) is 31.0 Å². The molecule has 1 unspecified atom stereocenters. The molecule has 1 fully saturated rings. The Balaban J connectivity index is 1.75. The number of fused-ring (bicyclic) bond motifs is 1. The van der Waals surface area contributed by atoms with Gasteiger partial charge in [-0.3, -0.25) is 9.59 Å². The second-order valence-corrected chi connectivity index (χ2v) is 9.36. The molecule has 1 aromatic heterocycles. The maximum absolute atomic E-state index is 13.2. The minimum Gasteiger partial charge on any atom is -0.351 e. The van der Waals surface area contributed by atoms with E-state index in [1.807, 2.05) is 12.1 Å².